The van der Waals surface area contributed by atoms with Gasteiger partial charge in [-0.1, -0.05) is 12.7 Å². The van der Waals surface area contributed by atoms with Crippen LogP contribution >= 0.6 is 0 Å². The summed E-state index contributed by atoms with van der Waals surface area (Å²) in [5.74, 6) is 0.263. The SMILES string of the molecule is C=C1CCCC(=O)/C1=C\C. The minimum absolute atomic E-state index is 0.263. The Labute approximate surface area is 61.4 Å². The first-order chi connectivity index (χ1) is 4.75. The molecule has 0 radical (unpaired) electrons. The van der Waals surface area contributed by atoms with E-state index in [1.165, 1.54) is 0 Å². The predicted molar refractivity (Wildman–Crippen MR) is 41.8 cm³/mol. The van der Waals surface area contributed by atoms with Gasteiger partial charge in [0.05, 0.1) is 0 Å². The van der Waals surface area contributed by atoms with Crippen LogP contribution in [0.3, 0.4) is 0 Å². The van der Waals surface area contributed by atoms with Crippen LogP contribution in [-0.4, -0.2) is 5.78 Å². The van der Waals surface area contributed by atoms with Crippen molar-refractivity contribution in [2.45, 2.75) is 26.2 Å². The molecule has 10 heavy (non-hydrogen) atoms. The fraction of sp³-hybridized carbons (Fsp3) is 0.444. The van der Waals surface area contributed by atoms with Crippen molar-refractivity contribution in [1.29, 1.82) is 0 Å². The molecule has 0 amide bonds. The lowest BCUT2D eigenvalue weighted by molar-refractivity contribution is -0.115. The third-order valence-electron chi connectivity index (χ3n) is 1.85. The molecule has 0 aromatic carbocycles. The van der Waals surface area contributed by atoms with Crippen molar-refractivity contribution < 1.29 is 4.79 Å². The third kappa shape index (κ3) is 1.18. The number of hydrogen-bond acceptors (Lipinski definition) is 1. The van der Waals surface area contributed by atoms with Crippen LogP contribution in [0.5, 0.6) is 0 Å². The Morgan fingerprint density at radius 2 is 2.20 bits per heavy atom. The van der Waals surface area contributed by atoms with Crippen LogP contribution in [0.25, 0.3) is 0 Å². The van der Waals surface area contributed by atoms with Gasteiger partial charge in [0.2, 0.25) is 0 Å². The molecule has 54 valence electrons. The summed E-state index contributed by atoms with van der Waals surface area (Å²) >= 11 is 0. The van der Waals surface area contributed by atoms with Gasteiger partial charge in [0, 0.05) is 12.0 Å². The molecule has 1 aliphatic rings. The van der Waals surface area contributed by atoms with E-state index in [-0.39, 0.29) is 5.78 Å². The molecule has 1 rings (SSSR count). The van der Waals surface area contributed by atoms with Crippen LogP contribution < -0.4 is 0 Å². The largest absolute Gasteiger partial charge is 0.294 e. The van der Waals surface area contributed by atoms with Gasteiger partial charge in [0.15, 0.2) is 5.78 Å². The molecule has 1 saturated carbocycles. The average Bonchev–Trinajstić information content (AvgIpc) is 1.88. The number of ketones is 1. The minimum Gasteiger partial charge on any atom is -0.294 e. The molecule has 1 nitrogen and oxygen atoms in total. The summed E-state index contributed by atoms with van der Waals surface area (Å²) in [7, 11) is 0. The molecular formula is C9H12O. The lowest BCUT2D eigenvalue weighted by Crippen LogP contribution is -2.10. The van der Waals surface area contributed by atoms with Crippen molar-refractivity contribution in [2.24, 2.45) is 0 Å². The summed E-state index contributed by atoms with van der Waals surface area (Å²) in [5.41, 5.74) is 1.87. The predicted octanol–water partition coefficient (Wildman–Crippen LogP) is 2.24. The first kappa shape index (κ1) is 7.26. The van der Waals surface area contributed by atoms with E-state index < -0.39 is 0 Å². The highest BCUT2D eigenvalue weighted by atomic mass is 16.1. The van der Waals surface area contributed by atoms with Crippen molar-refractivity contribution in [3.05, 3.63) is 23.8 Å². The Hall–Kier alpha value is -0.850. The Balaban J connectivity index is 2.83. The summed E-state index contributed by atoms with van der Waals surface area (Å²) < 4.78 is 0. The third-order valence-corrected chi connectivity index (χ3v) is 1.85. The fourth-order valence-corrected chi connectivity index (χ4v) is 1.29. The molecule has 0 atom stereocenters. The second kappa shape index (κ2) is 2.82. The van der Waals surface area contributed by atoms with E-state index in [1.54, 1.807) is 0 Å². The van der Waals surface area contributed by atoms with Crippen LogP contribution in [0.2, 0.25) is 0 Å². The quantitative estimate of drug-likeness (QED) is 0.467. The first-order valence-corrected chi connectivity index (χ1v) is 3.63. The number of Topliss-reactive ketones (excluding diaryl/α,β-unsaturated/α-hetero) is 1. The van der Waals surface area contributed by atoms with Crippen LogP contribution in [-0.2, 0) is 4.79 Å². The molecule has 1 fully saturated rings. The first-order valence-electron chi connectivity index (χ1n) is 3.63. The monoisotopic (exact) mass is 136 g/mol. The van der Waals surface area contributed by atoms with Gasteiger partial charge in [0.25, 0.3) is 0 Å². The maximum Gasteiger partial charge on any atom is 0.162 e. The highest BCUT2D eigenvalue weighted by molar-refractivity contribution is 6.00. The van der Waals surface area contributed by atoms with E-state index >= 15 is 0 Å². The smallest absolute Gasteiger partial charge is 0.162 e. The minimum atomic E-state index is 0.263. The van der Waals surface area contributed by atoms with E-state index in [2.05, 4.69) is 6.58 Å². The molecule has 0 N–H and O–H groups in total. The second-order valence-electron chi connectivity index (χ2n) is 2.58. The average molecular weight is 136 g/mol. The van der Waals surface area contributed by atoms with Gasteiger partial charge < -0.3 is 0 Å². The summed E-state index contributed by atoms with van der Waals surface area (Å²) in [4.78, 5) is 11.1. The standard InChI is InChI=1S/C9H12O/c1-3-8-7(2)5-4-6-9(8)10/h3H,2,4-6H2,1H3/b8-3-. The second-order valence-corrected chi connectivity index (χ2v) is 2.58. The topological polar surface area (TPSA) is 17.1 Å². The van der Waals surface area contributed by atoms with Crippen molar-refractivity contribution in [1.82, 2.24) is 0 Å². The van der Waals surface area contributed by atoms with Gasteiger partial charge in [-0.3, -0.25) is 4.79 Å². The maximum atomic E-state index is 11.1. The van der Waals surface area contributed by atoms with Gasteiger partial charge in [-0.15, -0.1) is 0 Å². The van der Waals surface area contributed by atoms with Gasteiger partial charge in [-0.2, -0.15) is 0 Å². The zero-order valence-corrected chi connectivity index (χ0v) is 6.31. The van der Waals surface area contributed by atoms with Crippen molar-refractivity contribution in [3.63, 3.8) is 0 Å². The zero-order valence-electron chi connectivity index (χ0n) is 6.31. The van der Waals surface area contributed by atoms with E-state index in [0.717, 1.165) is 24.0 Å². The zero-order chi connectivity index (χ0) is 7.56. The highest BCUT2D eigenvalue weighted by Gasteiger charge is 2.16. The lowest BCUT2D eigenvalue weighted by atomic mass is 9.89. The van der Waals surface area contributed by atoms with Crippen molar-refractivity contribution in [2.75, 3.05) is 0 Å². The lowest BCUT2D eigenvalue weighted by Gasteiger charge is -2.14. The Morgan fingerprint density at radius 1 is 1.50 bits per heavy atom. The number of hydrogen-bond donors (Lipinski definition) is 0. The fourth-order valence-electron chi connectivity index (χ4n) is 1.29. The molecule has 1 aliphatic carbocycles. The van der Waals surface area contributed by atoms with Crippen molar-refractivity contribution >= 4 is 5.78 Å². The van der Waals surface area contributed by atoms with Crippen LogP contribution in [0.1, 0.15) is 26.2 Å². The molecule has 0 spiro atoms. The molecule has 0 heterocycles. The van der Waals surface area contributed by atoms with E-state index in [9.17, 15) is 4.79 Å². The molecule has 1 heteroatoms. The van der Waals surface area contributed by atoms with Gasteiger partial charge >= 0.3 is 0 Å². The van der Waals surface area contributed by atoms with Crippen molar-refractivity contribution in [3.8, 4) is 0 Å². The van der Waals surface area contributed by atoms with Gasteiger partial charge in [-0.05, 0) is 25.3 Å². The summed E-state index contributed by atoms with van der Waals surface area (Å²) in [6.07, 6.45) is 4.54. The van der Waals surface area contributed by atoms with Crippen LogP contribution in [0.4, 0.5) is 0 Å². The highest BCUT2D eigenvalue weighted by Crippen LogP contribution is 2.23. The summed E-state index contributed by atoms with van der Waals surface area (Å²) in [6, 6.07) is 0. The Kier molecular flexibility index (Phi) is 2.05. The molecule has 0 saturated heterocycles. The van der Waals surface area contributed by atoms with Gasteiger partial charge in [-0.25, -0.2) is 0 Å². The number of carbonyl (C=O) groups is 1. The van der Waals surface area contributed by atoms with E-state index in [4.69, 9.17) is 0 Å². The Morgan fingerprint density at radius 3 is 2.60 bits per heavy atom. The molecule has 0 aromatic heterocycles. The Bertz CT molecular complexity index is 181. The number of rotatable bonds is 0. The van der Waals surface area contributed by atoms with Gasteiger partial charge in [0.1, 0.15) is 0 Å². The summed E-state index contributed by atoms with van der Waals surface area (Å²) in [5, 5.41) is 0. The molecule has 0 aliphatic heterocycles. The number of allylic oxidation sites excluding steroid dienone is 3. The van der Waals surface area contributed by atoms with E-state index in [1.807, 2.05) is 13.0 Å². The molecular weight excluding hydrogens is 124 g/mol. The maximum absolute atomic E-state index is 11.1. The summed E-state index contributed by atoms with van der Waals surface area (Å²) in [6.45, 7) is 5.72. The van der Waals surface area contributed by atoms with Crippen LogP contribution in [0.15, 0.2) is 23.8 Å². The number of carbonyl (C=O) groups excluding carboxylic acids is 1. The molecule has 0 aromatic rings. The molecule has 0 bridgehead atoms. The van der Waals surface area contributed by atoms with Crippen LogP contribution in [0, 0.1) is 0 Å². The molecule has 0 unspecified atom stereocenters. The van der Waals surface area contributed by atoms with E-state index in [0.29, 0.717) is 6.42 Å². The normalized spacial score (nSPS) is 23.9.